The van der Waals surface area contributed by atoms with Gasteiger partial charge in [0.05, 0.1) is 0 Å². The summed E-state index contributed by atoms with van der Waals surface area (Å²) in [6.45, 7) is 6.97. The average Bonchev–Trinajstić information content (AvgIpc) is 2.16. The van der Waals surface area contributed by atoms with Gasteiger partial charge in [-0.25, -0.2) is 0 Å². The molecule has 0 spiro atoms. The molecule has 0 unspecified atom stereocenters. The van der Waals surface area contributed by atoms with Crippen molar-refractivity contribution < 1.29 is 4.74 Å². The standard InChI is InChI=1S/C10H23N3O/c1-9(2)8-13-10(11-3)12-6-5-7-14-4/h9H,5-8H2,1-4H3,(H2,11,12,13). The van der Waals surface area contributed by atoms with E-state index in [2.05, 4.69) is 29.5 Å². The van der Waals surface area contributed by atoms with Crippen LogP contribution in [-0.2, 0) is 4.74 Å². The Morgan fingerprint density at radius 1 is 1.36 bits per heavy atom. The van der Waals surface area contributed by atoms with Gasteiger partial charge in [-0.05, 0) is 12.3 Å². The van der Waals surface area contributed by atoms with Crippen molar-refractivity contribution in [2.75, 3.05) is 33.9 Å². The number of hydrogen-bond donors (Lipinski definition) is 2. The molecule has 14 heavy (non-hydrogen) atoms. The summed E-state index contributed by atoms with van der Waals surface area (Å²) in [7, 11) is 3.50. The maximum Gasteiger partial charge on any atom is 0.190 e. The van der Waals surface area contributed by atoms with Gasteiger partial charge in [0.25, 0.3) is 0 Å². The Balaban J connectivity index is 3.49. The van der Waals surface area contributed by atoms with Crippen LogP contribution in [0.2, 0.25) is 0 Å². The van der Waals surface area contributed by atoms with Gasteiger partial charge < -0.3 is 15.4 Å². The van der Waals surface area contributed by atoms with Crippen molar-refractivity contribution in [2.45, 2.75) is 20.3 Å². The van der Waals surface area contributed by atoms with Crippen LogP contribution in [-0.4, -0.2) is 39.8 Å². The van der Waals surface area contributed by atoms with Gasteiger partial charge in [0.15, 0.2) is 5.96 Å². The average molecular weight is 201 g/mol. The predicted octanol–water partition coefficient (Wildman–Crippen LogP) is 0.844. The van der Waals surface area contributed by atoms with Crippen molar-refractivity contribution in [3.05, 3.63) is 0 Å². The van der Waals surface area contributed by atoms with Gasteiger partial charge in [-0.2, -0.15) is 0 Å². The molecule has 0 heterocycles. The molecule has 0 rings (SSSR count). The first-order valence-corrected chi connectivity index (χ1v) is 5.14. The van der Waals surface area contributed by atoms with Crippen molar-refractivity contribution in [3.8, 4) is 0 Å². The zero-order valence-corrected chi connectivity index (χ0v) is 9.76. The number of guanidine groups is 1. The first-order valence-electron chi connectivity index (χ1n) is 5.14. The molecule has 4 nitrogen and oxygen atoms in total. The lowest BCUT2D eigenvalue weighted by molar-refractivity contribution is 0.195. The number of hydrogen-bond acceptors (Lipinski definition) is 2. The second-order valence-corrected chi connectivity index (χ2v) is 3.62. The SMILES string of the molecule is CN=C(NCCCOC)NCC(C)C. The number of nitrogens with one attached hydrogen (secondary N) is 2. The van der Waals surface area contributed by atoms with E-state index in [1.165, 1.54) is 0 Å². The van der Waals surface area contributed by atoms with E-state index in [9.17, 15) is 0 Å². The van der Waals surface area contributed by atoms with Gasteiger partial charge in [-0.3, -0.25) is 4.99 Å². The molecule has 0 saturated carbocycles. The lowest BCUT2D eigenvalue weighted by Crippen LogP contribution is -2.39. The second kappa shape index (κ2) is 8.81. The highest BCUT2D eigenvalue weighted by Gasteiger charge is 1.97. The number of aliphatic imine (C=N–C) groups is 1. The van der Waals surface area contributed by atoms with Crippen LogP contribution >= 0.6 is 0 Å². The predicted molar refractivity (Wildman–Crippen MR) is 60.7 cm³/mol. The summed E-state index contributed by atoms with van der Waals surface area (Å²) in [6, 6.07) is 0. The minimum absolute atomic E-state index is 0.632. The highest BCUT2D eigenvalue weighted by atomic mass is 16.5. The van der Waals surface area contributed by atoms with E-state index in [4.69, 9.17) is 4.74 Å². The summed E-state index contributed by atoms with van der Waals surface area (Å²) in [4.78, 5) is 4.11. The first kappa shape index (κ1) is 13.2. The smallest absolute Gasteiger partial charge is 0.190 e. The molecule has 0 aromatic rings. The van der Waals surface area contributed by atoms with Crippen LogP contribution in [0, 0.1) is 5.92 Å². The number of ether oxygens (including phenoxy) is 1. The van der Waals surface area contributed by atoms with E-state index >= 15 is 0 Å². The van der Waals surface area contributed by atoms with Crippen molar-refractivity contribution in [3.63, 3.8) is 0 Å². The molecule has 0 aliphatic carbocycles. The molecule has 0 amide bonds. The van der Waals surface area contributed by atoms with Crippen molar-refractivity contribution in [1.82, 2.24) is 10.6 Å². The first-order chi connectivity index (χ1) is 6.70. The summed E-state index contributed by atoms with van der Waals surface area (Å²) >= 11 is 0. The third kappa shape index (κ3) is 7.86. The van der Waals surface area contributed by atoms with Gasteiger partial charge in [0.1, 0.15) is 0 Å². The quantitative estimate of drug-likeness (QED) is 0.380. The van der Waals surface area contributed by atoms with E-state index in [1.54, 1.807) is 14.2 Å². The highest BCUT2D eigenvalue weighted by molar-refractivity contribution is 5.79. The Morgan fingerprint density at radius 3 is 2.57 bits per heavy atom. The van der Waals surface area contributed by atoms with E-state index in [1.807, 2.05) is 0 Å². The van der Waals surface area contributed by atoms with Crippen LogP contribution in [0.4, 0.5) is 0 Å². The molecule has 0 aliphatic rings. The third-order valence-electron chi connectivity index (χ3n) is 1.72. The minimum atomic E-state index is 0.632. The number of methoxy groups -OCH3 is 1. The van der Waals surface area contributed by atoms with Crippen molar-refractivity contribution in [2.24, 2.45) is 10.9 Å². The Morgan fingerprint density at radius 2 is 2.07 bits per heavy atom. The largest absolute Gasteiger partial charge is 0.385 e. The van der Waals surface area contributed by atoms with E-state index in [0.29, 0.717) is 5.92 Å². The van der Waals surface area contributed by atoms with Crippen LogP contribution < -0.4 is 10.6 Å². The lowest BCUT2D eigenvalue weighted by Gasteiger charge is -2.12. The Kier molecular flexibility index (Phi) is 8.33. The van der Waals surface area contributed by atoms with Crippen molar-refractivity contribution in [1.29, 1.82) is 0 Å². The van der Waals surface area contributed by atoms with Crippen LogP contribution in [0.1, 0.15) is 20.3 Å². The van der Waals surface area contributed by atoms with E-state index < -0.39 is 0 Å². The van der Waals surface area contributed by atoms with Gasteiger partial charge in [-0.1, -0.05) is 13.8 Å². The molecule has 0 atom stereocenters. The third-order valence-corrected chi connectivity index (χ3v) is 1.72. The van der Waals surface area contributed by atoms with Gasteiger partial charge in [-0.15, -0.1) is 0 Å². The normalized spacial score (nSPS) is 11.9. The molecule has 0 aromatic carbocycles. The summed E-state index contributed by atoms with van der Waals surface area (Å²) in [5.74, 6) is 1.50. The maximum atomic E-state index is 4.96. The van der Waals surface area contributed by atoms with E-state index in [-0.39, 0.29) is 0 Å². The molecule has 0 saturated heterocycles. The molecule has 0 fully saturated rings. The van der Waals surface area contributed by atoms with Crippen molar-refractivity contribution >= 4 is 5.96 Å². The lowest BCUT2D eigenvalue weighted by atomic mass is 10.2. The van der Waals surface area contributed by atoms with Crippen LogP contribution in [0.25, 0.3) is 0 Å². The van der Waals surface area contributed by atoms with Gasteiger partial charge in [0.2, 0.25) is 0 Å². The molecule has 0 aromatic heterocycles. The summed E-state index contributed by atoms with van der Waals surface area (Å²) in [5, 5.41) is 6.46. The monoisotopic (exact) mass is 201 g/mol. The molecule has 0 aliphatic heterocycles. The Labute approximate surface area is 87.1 Å². The van der Waals surface area contributed by atoms with Crippen LogP contribution in [0.3, 0.4) is 0 Å². The molecule has 0 radical (unpaired) electrons. The zero-order valence-electron chi connectivity index (χ0n) is 9.76. The molecule has 2 N–H and O–H groups in total. The van der Waals surface area contributed by atoms with Gasteiger partial charge in [0, 0.05) is 33.9 Å². The van der Waals surface area contributed by atoms with Gasteiger partial charge >= 0.3 is 0 Å². The minimum Gasteiger partial charge on any atom is -0.385 e. The summed E-state index contributed by atoms with van der Waals surface area (Å²) in [5.41, 5.74) is 0. The maximum absolute atomic E-state index is 4.96. The number of rotatable bonds is 6. The Hall–Kier alpha value is -0.770. The van der Waals surface area contributed by atoms with Crippen LogP contribution in [0.15, 0.2) is 4.99 Å². The Bertz CT molecular complexity index is 157. The fourth-order valence-corrected chi connectivity index (χ4v) is 0.945. The van der Waals surface area contributed by atoms with Crippen LogP contribution in [0.5, 0.6) is 0 Å². The number of nitrogens with zero attached hydrogens (tertiary/aromatic N) is 1. The zero-order chi connectivity index (χ0) is 10.8. The molecule has 84 valence electrons. The molecule has 4 heteroatoms. The second-order valence-electron chi connectivity index (χ2n) is 3.62. The fraction of sp³-hybridized carbons (Fsp3) is 0.900. The molecular weight excluding hydrogens is 178 g/mol. The fourth-order valence-electron chi connectivity index (χ4n) is 0.945. The molecular formula is C10H23N3O. The molecule has 0 bridgehead atoms. The summed E-state index contributed by atoms with van der Waals surface area (Å²) in [6.07, 6.45) is 0.999. The summed E-state index contributed by atoms with van der Waals surface area (Å²) < 4.78 is 4.96. The highest BCUT2D eigenvalue weighted by Crippen LogP contribution is 1.86. The topological polar surface area (TPSA) is 45.7 Å². The van der Waals surface area contributed by atoms with E-state index in [0.717, 1.165) is 32.1 Å².